The van der Waals surface area contributed by atoms with Crippen molar-refractivity contribution in [2.24, 2.45) is 0 Å². The number of rotatable bonds is 0. The van der Waals surface area contributed by atoms with Crippen LogP contribution in [0.15, 0.2) is 34.8 Å². The van der Waals surface area contributed by atoms with E-state index < -0.39 is 0 Å². The third-order valence-corrected chi connectivity index (χ3v) is 3.49. The van der Waals surface area contributed by atoms with Gasteiger partial charge in [0, 0.05) is 23.0 Å². The minimum atomic E-state index is -0.0825. The second-order valence-electron chi connectivity index (χ2n) is 4.05. The molecule has 1 aromatic carbocycles. The molecule has 3 nitrogen and oxygen atoms in total. The Balaban J connectivity index is 2.41. The number of nitrogens with zero attached hydrogens (tertiary/aromatic N) is 1. The van der Waals surface area contributed by atoms with Crippen LogP contribution in [0.25, 0.3) is 11.3 Å². The van der Waals surface area contributed by atoms with Crippen molar-refractivity contribution in [2.75, 3.05) is 0 Å². The van der Waals surface area contributed by atoms with Gasteiger partial charge in [0.25, 0.3) is 0 Å². The van der Waals surface area contributed by atoms with Gasteiger partial charge in [-0.25, -0.2) is 0 Å². The summed E-state index contributed by atoms with van der Waals surface area (Å²) in [6.45, 7) is 1.73. The zero-order valence-electron chi connectivity index (χ0n) is 9.03. The smallest absolute Gasteiger partial charge is 0.236 e. The topological polar surface area (TPSA) is 44.0 Å². The van der Waals surface area contributed by atoms with Gasteiger partial charge in [-0.2, -0.15) is 4.73 Å². The second-order valence-corrected chi connectivity index (χ2v) is 4.97. The van der Waals surface area contributed by atoms with Crippen LogP contribution in [0.5, 0.6) is 0 Å². The van der Waals surface area contributed by atoms with Crippen LogP contribution in [-0.4, -0.2) is 5.78 Å². The van der Waals surface area contributed by atoms with Crippen molar-refractivity contribution in [3.05, 3.63) is 56.8 Å². The van der Waals surface area contributed by atoms with Crippen LogP contribution < -0.4 is 4.73 Å². The van der Waals surface area contributed by atoms with Gasteiger partial charge in [0.1, 0.15) is 0 Å². The molecule has 0 aliphatic heterocycles. The van der Waals surface area contributed by atoms with E-state index in [0.717, 1.165) is 9.20 Å². The highest BCUT2D eigenvalue weighted by Crippen LogP contribution is 2.35. The van der Waals surface area contributed by atoms with Crippen LogP contribution in [-0.2, 0) is 0 Å². The predicted octanol–water partition coefficient (Wildman–Crippen LogP) is 2.60. The molecule has 0 radical (unpaired) electrons. The number of carbonyl (C=O) groups excluding carboxylic acids is 1. The van der Waals surface area contributed by atoms with E-state index in [2.05, 4.69) is 15.9 Å². The molecule has 0 saturated heterocycles. The predicted molar refractivity (Wildman–Crippen MR) is 66.7 cm³/mol. The van der Waals surface area contributed by atoms with E-state index in [0.29, 0.717) is 28.1 Å². The normalized spacial score (nSPS) is 12.5. The first kappa shape index (κ1) is 10.5. The molecular weight excluding hydrogens is 282 g/mol. The van der Waals surface area contributed by atoms with Gasteiger partial charge in [-0.3, -0.25) is 4.79 Å². The van der Waals surface area contributed by atoms with Gasteiger partial charge >= 0.3 is 0 Å². The fourth-order valence-electron chi connectivity index (χ4n) is 2.13. The molecule has 1 aliphatic carbocycles. The third kappa shape index (κ3) is 1.34. The first-order chi connectivity index (χ1) is 8.09. The lowest BCUT2D eigenvalue weighted by Gasteiger charge is -2.05. The number of pyridine rings is 1. The average Bonchev–Trinajstić information content (AvgIpc) is 2.58. The quantitative estimate of drug-likeness (QED) is 0.472. The molecule has 1 aromatic heterocycles. The fraction of sp³-hybridized carbons (Fsp3) is 0.0769. The zero-order valence-corrected chi connectivity index (χ0v) is 10.6. The molecule has 0 atom stereocenters. The highest BCUT2D eigenvalue weighted by atomic mass is 79.9. The standard InChI is InChI=1S/C13H8BrNO2/c1-7-2-4-10-12(15(7)17)9-5-3-8(14)6-11(9)13(10)16/h2-6H,1H3. The van der Waals surface area contributed by atoms with E-state index in [1.165, 1.54) is 0 Å². The SMILES string of the molecule is Cc1ccc2c([n+]1[O-])-c1ccc(Br)cc1C2=O. The molecule has 0 N–H and O–H groups in total. The molecule has 1 heterocycles. The van der Waals surface area contributed by atoms with Gasteiger partial charge < -0.3 is 5.21 Å². The van der Waals surface area contributed by atoms with Crippen LogP contribution in [0.3, 0.4) is 0 Å². The van der Waals surface area contributed by atoms with Gasteiger partial charge in [-0.05, 0) is 24.3 Å². The molecule has 2 aromatic rings. The maximum absolute atomic E-state index is 12.1. The second kappa shape index (κ2) is 3.40. The molecule has 0 spiro atoms. The number of halogens is 1. The Morgan fingerprint density at radius 3 is 2.59 bits per heavy atom. The van der Waals surface area contributed by atoms with Crippen LogP contribution in [0, 0.1) is 12.1 Å². The molecule has 1 aliphatic rings. The highest BCUT2D eigenvalue weighted by Gasteiger charge is 2.33. The Bertz CT molecular complexity index is 665. The van der Waals surface area contributed by atoms with Crippen molar-refractivity contribution in [1.29, 1.82) is 0 Å². The number of fused-ring (bicyclic) bond motifs is 3. The van der Waals surface area contributed by atoms with Crippen molar-refractivity contribution in [3.8, 4) is 11.3 Å². The average molecular weight is 290 g/mol. The summed E-state index contributed by atoms with van der Waals surface area (Å²) in [7, 11) is 0. The molecular formula is C13H8BrNO2. The summed E-state index contributed by atoms with van der Waals surface area (Å²) < 4.78 is 1.67. The van der Waals surface area contributed by atoms with Crippen LogP contribution in [0.4, 0.5) is 0 Å². The van der Waals surface area contributed by atoms with Crippen molar-refractivity contribution in [2.45, 2.75) is 6.92 Å². The van der Waals surface area contributed by atoms with Gasteiger partial charge in [-0.15, -0.1) is 0 Å². The summed E-state index contributed by atoms with van der Waals surface area (Å²) in [6, 6.07) is 8.79. The molecule has 84 valence electrons. The number of carbonyl (C=O) groups is 1. The Hall–Kier alpha value is -1.68. The van der Waals surface area contributed by atoms with Crippen LogP contribution in [0.1, 0.15) is 21.6 Å². The molecule has 0 amide bonds. The fourth-order valence-corrected chi connectivity index (χ4v) is 2.49. The summed E-state index contributed by atoms with van der Waals surface area (Å²) in [4.78, 5) is 12.1. The Labute approximate surface area is 106 Å². The summed E-state index contributed by atoms with van der Waals surface area (Å²) in [5.74, 6) is -0.0825. The van der Waals surface area contributed by atoms with Crippen molar-refractivity contribution < 1.29 is 9.52 Å². The third-order valence-electron chi connectivity index (χ3n) is 3.00. The Kier molecular flexibility index (Phi) is 2.10. The molecule has 0 bridgehead atoms. The van der Waals surface area contributed by atoms with Crippen LogP contribution in [0.2, 0.25) is 0 Å². The maximum atomic E-state index is 12.1. The lowest BCUT2D eigenvalue weighted by molar-refractivity contribution is -0.600. The van der Waals surface area contributed by atoms with E-state index in [-0.39, 0.29) is 5.78 Å². The molecule has 0 fully saturated rings. The van der Waals surface area contributed by atoms with Crippen molar-refractivity contribution >= 4 is 21.7 Å². The first-order valence-electron chi connectivity index (χ1n) is 5.17. The van der Waals surface area contributed by atoms with E-state index >= 15 is 0 Å². The number of aromatic nitrogens is 1. The largest absolute Gasteiger partial charge is 0.618 e. The summed E-state index contributed by atoms with van der Waals surface area (Å²) in [6.07, 6.45) is 0. The Morgan fingerprint density at radius 1 is 1.12 bits per heavy atom. The number of hydrogen-bond donors (Lipinski definition) is 0. The molecule has 3 rings (SSSR count). The van der Waals surface area contributed by atoms with E-state index in [1.807, 2.05) is 6.07 Å². The lowest BCUT2D eigenvalue weighted by atomic mass is 10.1. The molecule has 4 heteroatoms. The summed E-state index contributed by atoms with van der Waals surface area (Å²) in [5.41, 5.74) is 2.85. The number of benzene rings is 1. The molecule has 0 saturated carbocycles. The molecule has 0 unspecified atom stereocenters. The molecule has 17 heavy (non-hydrogen) atoms. The van der Waals surface area contributed by atoms with E-state index in [4.69, 9.17) is 0 Å². The maximum Gasteiger partial charge on any atom is 0.236 e. The van der Waals surface area contributed by atoms with Crippen molar-refractivity contribution in [3.63, 3.8) is 0 Å². The summed E-state index contributed by atoms with van der Waals surface area (Å²) in [5, 5.41) is 12.0. The minimum absolute atomic E-state index is 0.0825. The van der Waals surface area contributed by atoms with Crippen molar-refractivity contribution in [1.82, 2.24) is 0 Å². The lowest BCUT2D eigenvalue weighted by Crippen LogP contribution is -2.33. The van der Waals surface area contributed by atoms with Gasteiger partial charge in [0.2, 0.25) is 11.5 Å². The zero-order chi connectivity index (χ0) is 12.2. The summed E-state index contributed by atoms with van der Waals surface area (Å²) >= 11 is 3.33. The Morgan fingerprint density at radius 2 is 1.82 bits per heavy atom. The number of hydrogen-bond acceptors (Lipinski definition) is 2. The van der Waals surface area contributed by atoms with Gasteiger partial charge in [0.15, 0.2) is 5.69 Å². The highest BCUT2D eigenvalue weighted by molar-refractivity contribution is 9.10. The number of ketones is 1. The first-order valence-corrected chi connectivity index (χ1v) is 5.96. The van der Waals surface area contributed by atoms with Gasteiger partial charge in [0.05, 0.1) is 11.1 Å². The van der Waals surface area contributed by atoms with E-state index in [1.54, 1.807) is 31.2 Å². The monoisotopic (exact) mass is 289 g/mol. The number of aryl methyl sites for hydroxylation is 1. The van der Waals surface area contributed by atoms with Gasteiger partial charge in [-0.1, -0.05) is 15.9 Å². The van der Waals surface area contributed by atoms with E-state index in [9.17, 15) is 10.0 Å². The minimum Gasteiger partial charge on any atom is -0.618 e. The van der Waals surface area contributed by atoms with Crippen LogP contribution >= 0.6 is 15.9 Å².